The van der Waals surface area contributed by atoms with Crippen LogP contribution in [0.3, 0.4) is 0 Å². The van der Waals surface area contributed by atoms with E-state index in [0.717, 1.165) is 27.5 Å². The Labute approximate surface area is 118 Å². The van der Waals surface area contributed by atoms with Gasteiger partial charge in [0.05, 0.1) is 11.0 Å². The zero-order valence-corrected chi connectivity index (χ0v) is 12.3. The van der Waals surface area contributed by atoms with Crippen LogP contribution >= 0.6 is 11.3 Å². The maximum atomic E-state index is 11.3. The summed E-state index contributed by atoms with van der Waals surface area (Å²) in [5, 5.41) is 0. The number of hydrogen-bond donors (Lipinski definition) is 0. The molecule has 0 amide bonds. The van der Waals surface area contributed by atoms with Crippen LogP contribution in [0.5, 0.6) is 5.75 Å². The van der Waals surface area contributed by atoms with Gasteiger partial charge in [-0.1, -0.05) is 6.92 Å². The molecular formula is C16H18O2S. The van der Waals surface area contributed by atoms with Crippen LogP contribution in [0.15, 0.2) is 36.4 Å². The van der Waals surface area contributed by atoms with E-state index < -0.39 is 0 Å². The topological polar surface area (TPSA) is 26.3 Å². The maximum Gasteiger partial charge on any atom is 0.169 e. The Kier molecular flexibility index (Phi) is 4.38. The van der Waals surface area contributed by atoms with Gasteiger partial charge in [0.15, 0.2) is 5.78 Å². The first-order chi connectivity index (χ1) is 9.10. The molecule has 0 spiro atoms. The van der Waals surface area contributed by atoms with Crippen LogP contribution in [0, 0.1) is 0 Å². The number of benzene rings is 1. The molecule has 0 aliphatic carbocycles. The quantitative estimate of drug-likeness (QED) is 0.732. The Balaban J connectivity index is 2.15. The first-order valence-corrected chi connectivity index (χ1v) is 7.29. The van der Waals surface area contributed by atoms with Crippen molar-refractivity contribution in [2.24, 2.45) is 0 Å². The highest BCUT2D eigenvalue weighted by atomic mass is 32.1. The predicted octanol–water partition coefficient (Wildman–Crippen LogP) is 4.80. The highest BCUT2D eigenvalue weighted by Gasteiger charge is 2.07. The molecule has 0 saturated carbocycles. The lowest BCUT2D eigenvalue weighted by Gasteiger charge is -2.12. The number of carbonyl (C=O) groups is 1. The third kappa shape index (κ3) is 3.44. The number of carbonyl (C=O) groups excluding carboxylic acids is 1. The molecule has 2 aromatic rings. The van der Waals surface area contributed by atoms with Crippen LogP contribution in [0.1, 0.15) is 36.9 Å². The molecule has 1 atom stereocenters. The molecule has 0 fully saturated rings. The number of thiophene rings is 1. The van der Waals surface area contributed by atoms with Gasteiger partial charge in [-0.3, -0.25) is 4.79 Å². The van der Waals surface area contributed by atoms with Gasteiger partial charge in [0.25, 0.3) is 0 Å². The molecule has 0 aliphatic rings. The fourth-order valence-electron chi connectivity index (χ4n) is 1.70. The first kappa shape index (κ1) is 13.8. The number of ether oxygens (including phenoxy) is 1. The van der Waals surface area contributed by atoms with Crippen molar-refractivity contribution in [2.75, 3.05) is 0 Å². The van der Waals surface area contributed by atoms with Gasteiger partial charge >= 0.3 is 0 Å². The summed E-state index contributed by atoms with van der Waals surface area (Å²) >= 11 is 1.53. The van der Waals surface area contributed by atoms with Crippen molar-refractivity contribution in [1.29, 1.82) is 0 Å². The van der Waals surface area contributed by atoms with Gasteiger partial charge < -0.3 is 4.74 Å². The van der Waals surface area contributed by atoms with Crippen LogP contribution in [0.2, 0.25) is 0 Å². The molecule has 19 heavy (non-hydrogen) atoms. The predicted molar refractivity (Wildman–Crippen MR) is 80.1 cm³/mol. The van der Waals surface area contributed by atoms with Crippen LogP contribution in [0.4, 0.5) is 0 Å². The van der Waals surface area contributed by atoms with Crippen LogP contribution < -0.4 is 4.74 Å². The third-order valence-electron chi connectivity index (χ3n) is 3.00. The van der Waals surface area contributed by atoms with Crippen molar-refractivity contribution in [2.45, 2.75) is 33.3 Å². The summed E-state index contributed by atoms with van der Waals surface area (Å²) in [5.74, 6) is 1.01. The highest BCUT2D eigenvalue weighted by Crippen LogP contribution is 2.29. The SMILES string of the molecule is CCC(C)Oc1ccc(-c2ccc(C(C)=O)s2)cc1. The zero-order valence-electron chi connectivity index (χ0n) is 11.5. The lowest BCUT2D eigenvalue weighted by molar-refractivity contribution is 0.102. The lowest BCUT2D eigenvalue weighted by Crippen LogP contribution is -2.09. The minimum absolute atomic E-state index is 0.118. The Morgan fingerprint density at radius 3 is 2.42 bits per heavy atom. The molecule has 0 bridgehead atoms. The van der Waals surface area contributed by atoms with Gasteiger partial charge in [-0.2, -0.15) is 0 Å². The maximum absolute atomic E-state index is 11.3. The van der Waals surface area contributed by atoms with Gasteiger partial charge in [-0.25, -0.2) is 0 Å². The summed E-state index contributed by atoms with van der Waals surface area (Å²) in [4.78, 5) is 13.2. The number of Topliss-reactive ketones (excluding diaryl/α,β-unsaturated/α-hetero) is 1. The smallest absolute Gasteiger partial charge is 0.169 e. The average Bonchev–Trinajstić information content (AvgIpc) is 2.89. The molecule has 3 heteroatoms. The Morgan fingerprint density at radius 2 is 1.89 bits per heavy atom. The van der Waals surface area contributed by atoms with E-state index in [4.69, 9.17) is 4.74 Å². The highest BCUT2D eigenvalue weighted by molar-refractivity contribution is 7.17. The van der Waals surface area contributed by atoms with E-state index in [0.29, 0.717) is 0 Å². The second kappa shape index (κ2) is 6.02. The molecule has 1 heterocycles. The fourth-order valence-corrected chi connectivity index (χ4v) is 2.60. The Hall–Kier alpha value is -1.61. The van der Waals surface area contributed by atoms with Crippen molar-refractivity contribution in [3.8, 4) is 16.2 Å². The average molecular weight is 274 g/mol. The van der Waals surface area contributed by atoms with E-state index in [2.05, 4.69) is 13.8 Å². The monoisotopic (exact) mass is 274 g/mol. The van der Waals surface area contributed by atoms with Gasteiger partial charge in [0, 0.05) is 4.88 Å². The molecule has 0 N–H and O–H groups in total. The van der Waals surface area contributed by atoms with Crippen molar-refractivity contribution < 1.29 is 9.53 Å². The van der Waals surface area contributed by atoms with E-state index in [9.17, 15) is 4.79 Å². The first-order valence-electron chi connectivity index (χ1n) is 6.48. The Morgan fingerprint density at radius 1 is 1.21 bits per heavy atom. The standard InChI is InChI=1S/C16H18O2S/c1-4-11(2)18-14-7-5-13(6-8-14)16-10-9-15(19-16)12(3)17/h5-11H,4H2,1-3H3. The van der Waals surface area contributed by atoms with Gasteiger partial charge in [0.2, 0.25) is 0 Å². The lowest BCUT2D eigenvalue weighted by atomic mass is 10.2. The summed E-state index contributed by atoms with van der Waals surface area (Å²) in [7, 11) is 0. The normalized spacial score (nSPS) is 12.2. The largest absolute Gasteiger partial charge is 0.491 e. The molecule has 1 aromatic carbocycles. The summed E-state index contributed by atoms with van der Waals surface area (Å²) in [6.45, 7) is 5.76. The summed E-state index contributed by atoms with van der Waals surface area (Å²) in [5.41, 5.74) is 1.12. The molecule has 0 aliphatic heterocycles. The zero-order chi connectivity index (χ0) is 13.8. The van der Waals surface area contributed by atoms with Crippen molar-refractivity contribution in [1.82, 2.24) is 0 Å². The van der Waals surface area contributed by atoms with Crippen molar-refractivity contribution in [3.63, 3.8) is 0 Å². The molecular weight excluding hydrogens is 256 g/mol. The molecule has 1 unspecified atom stereocenters. The molecule has 2 rings (SSSR count). The summed E-state index contributed by atoms with van der Waals surface area (Å²) in [6, 6.07) is 11.9. The molecule has 0 saturated heterocycles. The van der Waals surface area contributed by atoms with Crippen molar-refractivity contribution >= 4 is 17.1 Å². The van der Waals surface area contributed by atoms with E-state index in [1.807, 2.05) is 36.4 Å². The number of rotatable bonds is 5. The van der Waals surface area contributed by atoms with Gasteiger partial charge in [-0.05, 0) is 62.2 Å². The second-order valence-corrected chi connectivity index (χ2v) is 5.66. The molecule has 0 radical (unpaired) electrons. The summed E-state index contributed by atoms with van der Waals surface area (Å²) < 4.78 is 5.75. The minimum atomic E-state index is 0.118. The number of hydrogen-bond acceptors (Lipinski definition) is 3. The third-order valence-corrected chi connectivity index (χ3v) is 4.24. The van der Waals surface area contributed by atoms with Crippen LogP contribution in [0.25, 0.3) is 10.4 Å². The van der Waals surface area contributed by atoms with E-state index in [1.165, 1.54) is 11.3 Å². The van der Waals surface area contributed by atoms with E-state index in [1.54, 1.807) is 6.92 Å². The van der Waals surface area contributed by atoms with E-state index >= 15 is 0 Å². The van der Waals surface area contributed by atoms with Gasteiger partial charge in [0.1, 0.15) is 5.75 Å². The van der Waals surface area contributed by atoms with Gasteiger partial charge in [-0.15, -0.1) is 11.3 Å². The molecule has 100 valence electrons. The van der Waals surface area contributed by atoms with Crippen molar-refractivity contribution in [3.05, 3.63) is 41.3 Å². The number of ketones is 1. The fraction of sp³-hybridized carbons (Fsp3) is 0.312. The molecule has 1 aromatic heterocycles. The van der Waals surface area contributed by atoms with Crippen LogP contribution in [-0.2, 0) is 0 Å². The molecule has 2 nitrogen and oxygen atoms in total. The minimum Gasteiger partial charge on any atom is -0.491 e. The van der Waals surface area contributed by atoms with Crippen LogP contribution in [-0.4, -0.2) is 11.9 Å². The van der Waals surface area contributed by atoms with E-state index in [-0.39, 0.29) is 11.9 Å². The summed E-state index contributed by atoms with van der Waals surface area (Å²) in [6.07, 6.45) is 1.23. The Bertz CT molecular complexity index is 554. The second-order valence-electron chi connectivity index (χ2n) is 4.58.